The molecule has 1 aromatic rings. The first-order valence-electron chi connectivity index (χ1n) is 11.1. The third kappa shape index (κ3) is 5.78. The van der Waals surface area contributed by atoms with E-state index < -0.39 is 11.6 Å². The minimum Gasteiger partial charge on any atom is -0.472 e. The third-order valence-corrected chi connectivity index (χ3v) is 5.79. The van der Waals surface area contributed by atoms with Gasteiger partial charge in [0.25, 0.3) is 5.91 Å². The average Bonchev–Trinajstić information content (AvgIpc) is 3.58. The fourth-order valence-corrected chi connectivity index (χ4v) is 3.62. The SMILES string of the molecule is C[C@@H]1CN([C@H](C)CO)C(=O)c2cc(C#CC(C)(C)O)cnc2O[C@H]1CN(C)C(=O)C1CC1. The average molecular weight is 444 g/mol. The van der Waals surface area contributed by atoms with E-state index in [1.54, 1.807) is 43.7 Å². The summed E-state index contributed by atoms with van der Waals surface area (Å²) >= 11 is 0. The molecule has 3 rings (SSSR count). The molecular formula is C24H33N3O5. The van der Waals surface area contributed by atoms with Crippen LogP contribution in [0.1, 0.15) is 56.5 Å². The van der Waals surface area contributed by atoms with Crippen LogP contribution in [0, 0.1) is 23.7 Å². The van der Waals surface area contributed by atoms with E-state index in [9.17, 15) is 19.8 Å². The van der Waals surface area contributed by atoms with Crippen molar-refractivity contribution in [3.8, 4) is 17.7 Å². The number of likely N-dealkylation sites (N-methyl/N-ethyl adjacent to an activating group) is 1. The first-order valence-corrected chi connectivity index (χ1v) is 11.1. The Balaban J connectivity index is 1.96. The van der Waals surface area contributed by atoms with Crippen LogP contribution in [0.15, 0.2) is 12.3 Å². The van der Waals surface area contributed by atoms with Gasteiger partial charge in [-0.3, -0.25) is 9.59 Å². The molecule has 0 spiro atoms. The highest BCUT2D eigenvalue weighted by molar-refractivity contribution is 5.97. The van der Waals surface area contributed by atoms with Crippen molar-refractivity contribution < 1.29 is 24.5 Å². The molecule has 1 aromatic heterocycles. The smallest absolute Gasteiger partial charge is 0.259 e. The van der Waals surface area contributed by atoms with Crippen LogP contribution in [0.5, 0.6) is 5.88 Å². The van der Waals surface area contributed by atoms with Gasteiger partial charge < -0.3 is 24.7 Å². The summed E-state index contributed by atoms with van der Waals surface area (Å²) in [6.07, 6.45) is 3.00. The molecule has 2 heterocycles. The van der Waals surface area contributed by atoms with E-state index in [2.05, 4.69) is 16.8 Å². The molecule has 2 amide bonds. The molecule has 2 aliphatic rings. The Hall–Kier alpha value is -2.63. The van der Waals surface area contributed by atoms with Crippen molar-refractivity contribution in [1.82, 2.24) is 14.8 Å². The zero-order valence-electron chi connectivity index (χ0n) is 19.5. The fourth-order valence-electron chi connectivity index (χ4n) is 3.62. The van der Waals surface area contributed by atoms with E-state index >= 15 is 0 Å². The monoisotopic (exact) mass is 443 g/mol. The summed E-state index contributed by atoms with van der Waals surface area (Å²) in [5, 5.41) is 19.6. The zero-order valence-corrected chi connectivity index (χ0v) is 19.5. The van der Waals surface area contributed by atoms with Crippen LogP contribution in [0.3, 0.4) is 0 Å². The Morgan fingerprint density at radius 3 is 2.72 bits per heavy atom. The second-order valence-corrected chi connectivity index (χ2v) is 9.50. The molecule has 0 saturated heterocycles. The van der Waals surface area contributed by atoms with Crippen LogP contribution in [-0.2, 0) is 4.79 Å². The molecule has 3 atom stereocenters. The maximum absolute atomic E-state index is 13.4. The van der Waals surface area contributed by atoms with Gasteiger partial charge in [0.1, 0.15) is 17.3 Å². The lowest BCUT2D eigenvalue weighted by Gasteiger charge is -2.37. The molecule has 1 saturated carbocycles. The van der Waals surface area contributed by atoms with Crippen molar-refractivity contribution in [1.29, 1.82) is 0 Å². The molecule has 8 nitrogen and oxygen atoms in total. The molecule has 2 N–H and O–H groups in total. The number of carbonyl (C=O) groups is 2. The first kappa shape index (κ1) is 24.0. The van der Waals surface area contributed by atoms with Gasteiger partial charge in [0.15, 0.2) is 0 Å². The number of carbonyl (C=O) groups excluding carboxylic acids is 2. The molecule has 1 fully saturated rings. The largest absolute Gasteiger partial charge is 0.472 e. The van der Waals surface area contributed by atoms with Gasteiger partial charge >= 0.3 is 0 Å². The van der Waals surface area contributed by atoms with E-state index in [1.165, 1.54) is 6.20 Å². The molecule has 0 bridgehead atoms. The molecule has 32 heavy (non-hydrogen) atoms. The number of aliphatic hydroxyl groups excluding tert-OH is 1. The van der Waals surface area contributed by atoms with Gasteiger partial charge in [0.05, 0.1) is 19.2 Å². The van der Waals surface area contributed by atoms with E-state index in [-0.39, 0.29) is 47.8 Å². The Kier molecular flexibility index (Phi) is 7.11. The summed E-state index contributed by atoms with van der Waals surface area (Å²) in [5.74, 6) is 5.58. The number of aromatic nitrogens is 1. The second kappa shape index (κ2) is 9.47. The van der Waals surface area contributed by atoms with E-state index in [1.807, 2.05) is 6.92 Å². The lowest BCUT2D eigenvalue weighted by atomic mass is 9.99. The van der Waals surface area contributed by atoms with Gasteiger partial charge in [-0.05, 0) is 39.7 Å². The zero-order chi connectivity index (χ0) is 23.6. The summed E-state index contributed by atoms with van der Waals surface area (Å²) in [6, 6.07) is 1.21. The number of rotatable bonds is 5. The third-order valence-electron chi connectivity index (χ3n) is 5.79. The Morgan fingerprint density at radius 1 is 1.44 bits per heavy atom. The van der Waals surface area contributed by atoms with Crippen LogP contribution in [0.2, 0.25) is 0 Å². The van der Waals surface area contributed by atoms with Crippen LogP contribution in [-0.4, -0.2) is 81.3 Å². The molecule has 0 aromatic carbocycles. The highest BCUT2D eigenvalue weighted by atomic mass is 16.5. The van der Waals surface area contributed by atoms with Crippen LogP contribution in [0.4, 0.5) is 0 Å². The second-order valence-electron chi connectivity index (χ2n) is 9.50. The molecule has 8 heteroatoms. The fraction of sp³-hybridized carbons (Fsp3) is 0.625. The molecule has 0 radical (unpaired) electrons. The quantitative estimate of drug-likeness (QED) is 0.665. The van der Waals surface area contributed by atoms with Gasteiger partial charge in [-0.15, -0.1) is 0 Å². The molecule has 1 aliphatic heterocycles. The lowest BCUT2D eigenvalue weighted by molar-refractivity contribution is -0.132. The number of fused-ring (bicyclic) bond motifs is 1. The summed E-state index contributed by atoms with van der Waals surface area (Å²) in [5.41, 5.74) is -0.451. The van der Waals surface area contributed by atoms with E-state index in [0.717, 1.165) is 12.8 Å². The maximum atomic E-state index is 13.4. The highest BCUT2D eigenvalue weighted by Crippen LogP contribution is 2.32. The van der Waals surface area contributed by atoms with Crippen molar-refractivity contribution in [2.45, 2.75) is 58.3 Å². The summed E-state index contributed by atoms with van der Waals surface area (Å²) in [7, 11) is 1.78. The number of hydrogen-bond acceptors (Lipinski definition) is 6. The molecule has 1 aliphatic carbocycles. The van der Waals surface area contributed by atoms with Crippen molar-refractivity contribution in [2.24, 2.45) is 11.8 Å². The van der Waals surface area contributed by atoms with E-state index in [4.69, 9.17) is 4.74 Å². The number of aliphatic hydroxyl groups is 2. The van der Waals surface area contributed by atoms with Gasteiger partial charge in [-0.25, -0.2) is 4.98 Å². The lowest BCUT2D eigenvalue weighted by Crippen LogP contribution is -2.50. The summed E-state index contributed by atoms with van der Waals surface area (Å²) in [6.45, 7) is 7.49. The number of nitrogens with zero attached hydrogens (tertiary/aromatic N) is 3. The minimum atomic E-state index is -1.18. The summed E-state index contributed by atoms with van der Waals surface area (Å²) in [4.78, 5) is 33.5. The first-order chi connectivity index (χ1) is 15.0. The van der Waals surface area contributed by atoms with Crippen molar-refractivity contribution in [2.75, 3.05) is 26.7 Å². The molecular weight excluding hydrogens is 410 g/mol. The van der Waals surface area contributed by atoms with Gasteiger partial charge in [-0.2, -0.15) is 0 Å². The predicted molar refractivity (Wildman–Crippen MR) is 119 cm³/mol. The topological polar surface area (TPSA) is 103 Å². The van der Waals surface area contributed by atoms with Gasteiger partial charge in [-0.1, -0.05) is 18.8 Å². The number of amides is 2. The standard InChI is InChI=1S/C24H33N3O5/c1-15-12-27(16(2)14-28)23(30)19-10-17(8-9-24(3,4)31)11-25-21(19)32-20(15)13-26(5)22(29)18-6-7-18/h10-11,15-16,18,20,28,31H,6-7,12-14H2,1-5H3/t15-,16-,20+/m1/s1. The predicted octanol–water partition coefficient (Wildman–Crippen LogP) is 1.29. The Morgan fingerprint density at radius 2 is 2.12 bits per heavy atom. The van der Waals surface area contributed by atoms with Crippen LogP contribution >= 0.6 is 0 Å². The van der Waals surface area contributed by atoms with Crippen LogP contribution < -0.4 is 4.74 Å². The summed E-state index contributed by atoms with van der Waals surface area (Å²) < 4.78 is 6.19. The van der Waals surface area contributed by atoms with E-state index in [0.29, 0.717) is 18.7 Å². The number of hydrogen-bond donors (Lipinski definition) is 2. The van der Waals surface area contributed by atoms with Gasteiger partial charge in [0.2, 0.25) is 11.8 Å². The Labute approximate surface area is 189 Å². The molecule has 0 unspecified atom stereocenters. The van der Waals surface area contributed by atoms with Gasteiger partial charge in [0, 0.05) is 37.2 Å². The number of pyridine rings is 1. The maximum Gasteiger partial charge on any atom is 0.259 e. The van der Waals surface area contributed by atoms with Crippen LogP contribution in [0.25, 0.3) is 0 Å². The number of ether oxygens (including phenoxy) is 1. The van der Waals surface area contributed by atoms with Crippen molar-refractivity contribution >= 4 is 11.8 Å². The van der Waals surface area contributed by atoms with Crippen molar-refractivity contribution in [3.63, 3.8) is 0 Å². The Bertz CT molecular complexity index is 926. The normalized spacial score (nSPS) is 22.0. The van der Waals surface area contributed by atoms with Crippen molar-refractivity contribution in [3.05, 3.63) is 23.4 Å². The molecule has 174 valence electrons. The highest BCUT2D eigenvalue weighted by Gasteiger charge is 2.37. The minimum absolute atomic E-state index is 0.0907.